The van der Waals surface area contributed by atoms with Crippen LogP contribution in [-0.2, 0) is 5.41 Å². The molecule has 53 heavy (non-hydrogen) atoms. The lowest BCUT2D eigenvalue weighted by atomic mass is 9.59. The van der Waals surface area contributed by atoms with E-state index in [1.807, 2.05) is 0 Å². The molecule has 3 atom stereocenters. The maximum atomic E-state index is 2.61. The van der Waals surface area contributed by atoms with Gasteiger partial charge in [-0.1, -0.05) is 135 Å². The number of rotatable bonds is 2. The van der Waals surface area contributed by atoms with Crippen LogP contribution in [-0.4, -0.2) is 9.13 Å². The highest BCUT2D eigenvalue weighted by Crippen LogP contribution is 2.63. The highest BCUT2D eigenvalue weighted by Gasteiger charge is 2.54. The Morgan fingerprint density at radius 3 is 2.13 bits per heavy atom. The topological polar surface area (TPSA) is 9.86 Å². The summed E-state index contributed by atoms with van der Waals surface area (Å²) in [5.41, 5.74) is 17.4. The van der Waals surface area contributed by atoms with Crippen molar-refractivity contribution in [3.05, 3.63) is 185 Å². The average Bonchev–Trinajstić information content (AvgIpc) is 3.81. The Labute approximate surface area is 309 Å². The molecule has 0 saturated carbocycles. The molecule has 8 aromatic rings. The highest BCUT2D eigenvalue weighted by molar-refractivity contribution is 6.11. The van der Waals surface area contributed by atoms with Crippen LogP contribution >= 0.6 is 0 Å². The lowest BCUT2D eigenvalue weighted by Crippen LogP contribution is -2.48. The molecule has 4 aliphatic rings. The van der Waals surface area contributed by atoms with Gasteiger partial charge in [0.2, 0.25) is 0 Å². The molecule has 2 heteroatoms. The van der Waals surface area contributed by atoms with E-state index in [-0.39, 0.29) is 5.41 Å². The smallest absolute Gasteiger partial charge is 0.0686 e. The molecule has 6 aromatic carbocycles. The molecule has 252 valence electrons. The Kier molecular flexibility index (Phi) is 5.83. The van der Waals surface area contributed by atoms with E-state index in [2.05, 4.69) is 181 Å². The summed E-state index contributed by atoms with van der Waals surface area (Å²) < 4.78 is 5.06. The number of nitrogens with zero attached hydrogens (tertiary/aromatic N) is 2. The average molecular weight is 679 g/mol. The summed E-state index contributed by atoms with van der Waals surface area (Å²) in [6.45, 7) is 4.82. The minimum absolute atomic E-state index is 0.375. The predicted octanol–water partition coefficient (Wildman–Crippen LogP) is 11.0. The molecule has 2 nitrogen and oxygen atoms in total. The number of hydrogen-bond donors (Lipinski definition) is 0. The Morgan fingerprint density at radius 1 is 0.566 bits per heavy atom. The van der Waals surface area contributed by atoms with Crippen LogP contribution in [0.25, 0.3) is 72.4 Å². The third kappa shape index (κ3) is 3.68. The van der Waals surface area contributed by atoms with Crippen LogP contribution in [0.3, 0.4) is 0 Å². The zero-order valence-electron chi connectivity index (χ0n) is 30.0. The molecular weight excluding hydrogens is 641 g/mol. The largest absolute Gasteiger partial charge is 0.309 e. The zero-order chi connectivity index (χ0) is 35.0. The third-order valence-corrected chi connectivity index (χ3v) is 12.8. The second-order valence-corrected chi connectivity index (χ2v) is 15.8. The first-order valence-corrected chi connectivity index (χ1v) is 19.2. The SMILES string of the molecule is CC1C=CC2=C(C1)C1(C3=c4c(c5ccccc5n4-c4ccccc41)=CC(C)C3)c1c2cccc1-c1ccc2c3ccccc3n(-c3ccccc3)c2c1. The predicted molar refractivity (Wildman–Crippen MR) is 221 cm³/mol. The fraction of sp³-hybridized carbons (Fsp3) is 0.137. The van der Waals surface area contributed by atoms with Crippen LogP contribution in [0.5, 0.6) is 0 Å². The maximum Gasteiger partial charge on any atom is 0.0686 e. The van der Waals surface area contributed by atoms with Crippen molar-refractivity contribution in [1.82, 2.24) is 9.13 Å². The summed E-state index contributed by atoms with van der Waals surface area (Å²) in [5.74, 6) is 0.891. The van der Waals surface area contributed by atoms with Crippen LogP contribution < -0.4 is 10.6 Å². The Bertz CT molecular complexity index is 3090. The summed E-state index contributed by atoms with van der Waals surface area (Å²) in [4.78, 5) is 0. The monoisotopic (exact) mass is 678 g/mol. The van der Waals surface area contributed by atoms with Crippen molar-refractivity contribution in [2.45, 2.75) is 32.1 Å². The second-order valence-electron chi connectivity index (χ2n) is 15.8. The molecular formula is C51H38N2. The van der Waals surface area contributed by atoms with Gasteiger partial charge in [-0.3, -0.25) is 0 Å². The Balaban J connectivity index is 1.24. The normalized spacial score (nSPS) is 20.9. The summed E-state index contributed by atoms with van der Waals surface area (Å²) >= 11 is 0. The molecule has 0 fully saturated rings. The van der Waals surface area contributed by atoms with E-state index < -0.39 is 0 Å². The van der Waals surface area contributed by atoms with Crippen molar-refractivity contribution in [3.8, 4) is 22.5 Å². The number of hydrogen-bond acceptors (Lipinski definition) is 0. The highest BCUT2D eigenvalue weighted by atomic mass is 15.0. The number of allylic oxidation sites excluding steroid dienone is 4. The second kappa shape index (κ2) is 10.5. The van der Waals surface area contributed by atoms with Crippen LogP contribution in [0.1, 0.15) is 43.4 Å². The van der Waals surface area contributed by atoms with Gasteiger partial charge in [-0.2, -0.15) is 0 Å². The van der Waals surface area contributed by atoms with Crippen LogP contribution in [0.2, 0.25) is 0 Å². The van der Waals surface area contributed by atoms with Crippen molar-refractivity contribution >= 4 is 49.9 Å². The maximum absolute atomic E-state index is 2.61. The first-order chi connectivity index (χ1) is 26.1. The van der Waals surface area contributed by atoms with Gasteiger partial charge >= 0.3 is 0 Å². The van der Waals surface area contributed by atoms with Gasteiger partial charge in [-0.15, -0.1) is 0 Å². The van der Waals surface area contributed by atoms with Gasteiger partial charge in [0.15, 0.2) is 0 Å². The van der Waals surface area contributed by atoms with Gasteiger partial charge in [0.1, 0.15) is 0 Å². The molecule has 3 heterocycles. The molecule has 3 unspecified atom stereocenters. The van der Waals surface area contributed by atoms with E-state index in [4.69, 9.17) is 0 Å². The molecule has 1 spiro atoms. The van der Waals surface area contributed by atoms with Gasteiger partial charge < -0.3 is 9.13 Å². The number of aromatic nitrogens is 2. The van der Waals surface area contributed by atoms with E-state index in [0.717, 1.165) is 12.8 Å². The van der Waals surface area contributed by atoms with Gasteiger partial charge in [0, 0.05) is 27.1 Å². The molecule has 0 amide bonds. The standard InChI is InChI=1S/C51H38N2/c1-31-23-25-36-40-18-12-17-35(33-24-26-39-37-15-6-9-20-45(37)52(48(39)30-33)34-13-4-3-5-14-34)49(40)51(43(36)28-31)42-19-8-11-22-47(42)53-46-21-10-7-16-38(46)41-27-32(2)29-44(51)50(41)53/h3-27,30-32H,28-29H2,1-2H3. The molecule has 0 bridgehead atoms. The summed E-state index contributed by atoms with van der Waals surface area (Å²) in [6.07, 6.45) is 9.53. The van der Waals surface area contributed by atoms with Gasteiger partial charge in [0.05, 0.1) is 33.0 Å². The van der Waals surface area contributed by atoms with Crippen molar-refractivity contribution in [1.29, 1.82) is 0 Å². The summed E-state index contributed by atoms with van der Waals surface area (Å²) in [7, 11) is 0. The van der Waals surface area contributed by atoms with Crippen molar-refractivity contribution in [2.24, 2.45) is 11.8 Å². The number of benzene rings is 6. The fourth-order valence-electron chi connectivity index (χ4n) is 10.9. The third-order valence-electron chi connectivity index (χ3n) is 12.8. The molecule has 0 radical (unpaired) electrons. The van der Waals surface area contributed by atoms with Crippen LogP contribution in [0.15, 0.2) is 157 Å². The summed E-state index contributed by atoms with van der Waals surface area (Å²) in [6, 6.07) is 52.5. The van der Waals surface area contributed by atoms with Gasteiger partial charge in [0.25, 0.3) is 0 Å². The van der Waals surface area contributed by atoms with E-state index in [1.54, 1.807) is 11.1 Å². The number of fused-ring (bicyclic) bond motifs is 14. The first kappa shape index (κ1) is 29.5. The molecule has 1 aliphatic heterocycles. The van der Waals surface area contributed by atoms with E-state index >= 15 is 0 Å². The molecule has 2 aromatic heterocycles. The lowest BCUT2D eigenvalue weighted by Gasteiger charge is -2.44. The molecule has 3 aliphatic carbocycles. The van der Waals surface area contributed by atoms with Crippen molar-refractivity contribution < 1.29 is 0 Å². The zero-order valence-corrected chi connectivity index (χ0v) is 30.0. The van der Waals surface area contributed by atoms with E-state index in [0.29, 0.717) is 11.8 Å². The lowest BCUT2D eigenvalue weighted by molar-refractivity contribution is 0.605. The van der Waals surface area contributed by atoms with Gasteiger partial charge in [-0.05, 0) is 106 Å². The number of para-hydroxylation sites is 4. The van der Waals surface area contributed by atoms with Crippen molar-refractivity contribution in [2.75, 3.05) is 0 Å². The van der Waals surface area contributed by atoms with Gasteiger partial charge in [-0.25, -0.2) is 0 Å². The first-order valence-electron chi connectivity index (χ1n) is 19.2. The van der Waals surface area contributed by atoms with E-state index in [9.17, 15) is 0 Å². The minimum atomic E-state index is -0.375. The molecule has 0 N–H and O–H groups in total. The van der Waals surface area contributed by atoms with Crippen LogP contribution in [0.4, 0.5) is 0 Å². The molecule has 0 saturated heterocycles. The van der Waals surface area contributed by atoms with E-state index in [1.165, 1.54) is 88.0 Å². The van der Waals surface area contributed by atoms with Crippen molar-refractivity contribution in [3.63, 3.8) is 0 Å². The van der Waals surface area contributed by atoms with Crippen LogP contribution in [0, 0.1) is 11.8 Å². The minimum Gasteiger partial charge on any atom is -0.309 e. The Morgan fingerprint density at radius 2 is 1.26 bits per heavy atom. The fourth-order valence-corrected chi connectivity index (χ4v) is 10.9. The molecule has 12 rings (SSSR count). The summed E-state index contributed by atoms with van der Waals surface area (Å²) in [5, 5.41) is 6.75. The quantitative estimate of drug-likeness (QED) is 0.172. The Hall–Kier alpha value is -6.12.